The van der Waals surface area contributed by atoms with E-state index in [1.165, 1.54) is 18.0 Å². The van der Waals surface area contributed by atoms with Gasteiger partial charge < -0.3 is 9.14 Å². The largest absolute Gasteiger partial charge is 0.497 e. The number of fused-ring (bicyclic) bond motifs is 1. The van der Waals surface area contributed by atoms with E-state index in [4.69, 9.17) is 9.72 Å². The lowest BCUT2D eigenvalue weighted by Gasteiger charge is -2.31. The molecule has 158 valence electrons. The molecule has 1 unspecified atom stereocenters. The Kier molecular flexibility index (Phi) is 5.66. The Labute approximate surface area is 185 Å². The van der Waals surface area contributed by atoms with Gasteiger partial charge in [-0.1, -0.05) is 30.3 Å². The van der Waals surface area contributed by atoms with Gasteiger partial charge in [-0.2, -0.15) is 0 Å². The number of ether oxygens (including phenoxy) is 1. The van der Waals surface area contributed by atoms with Crippen molar-refractivity contribution in [3.63, 3.8) is 0 Å². The van der Waals surface area contributed by atoms with Crippen molar-refractivity contribution in [2.75, 3.05) is 20.2 Å². The summed E-state index contributed by atoms with van der Waals surface area (Å²) in [6.07, 6.45) is 4.21. The Morgan fingerprint density at radius 2 is 1.94 bits per heavy atom. The summed E-state index contributed by atoms with van der Waals surface area (Å²) in [4.78, 5) is 5.79. The van der Waals surface area contributed by atoms with Crippen molar-refractivity contribution >= 4 is 17.5 Å². The van der Waals surface area contributed by atoms with Crippen molar-refractivity contribution in [1.29, 1.82) is 0 Å². The zero-order chi connectivity index (χ0) is 21.2. The van der Waals surface area contributed by atoms with Crippen LogP contribution in [0.1, 0.15) is 24.6 Å². The molecule has 2 aromatic heterocycles. The van der Waals surface area contributed by atoms with Gasteiger partial charge in [-0.05, 0) is 61.2 Å². The average molecular weight is 434 g/mol. The Hall–Kier alpha value is -2.83. The molecule has 4 nitrogen and oxygen atoms in total. The van der Waals surface area contributed by atoms with Crippen LogP contribution in [0.4, 0.5) is 4.39 Å². The third-order valence-electron chi connectivity index (χ3n) is 5.73. The molecule has 0 radical (unpaired) electrons. The molecule has 1 aliphatic heterocycles. The van der Waals surface area contributed by atoms with Gasteiger partial charge in [0.15, 0.2) is 0 Å². The number of pyridine rings is 1. The summed E-state index contributed by atoms with van der Waals surface area (Å²) >= 11 is 1.51. The number of hydrogen-bond acceptors (Lipinski definition) is 4. The molecular weight excluding hydrogens is 409 g/mol. The summed E-state index contributed by atoms with van der Waals surface area (Å²) in [5, 5.41) is 0. The summed E-state index contributed by atoms with van der Waals surface area (Å²) < 4.78 is 24.0. The SMILES string of the molecule is COc1cccc(-c2nc(C3CCCN(Sc4ccccc4F)C3)n3ccccc23)c1. The molecule has 6 heteroatoms. The van der Waals surface area contributed by atoms with Gasteiger partial charge in [0.2, 0.25) is 0 Å². The maximum absolute atomic E-state index is 14.2. The maximum atomic E-state index is 14.2. The lowest BCUT2D eigenvalue weighted by molar-refractivity contribution is 0.333. The van der Waals surface area contributed by atoms with Crippen molar-refractivity contribution in [2.45, 2.75) is 23.7 Å². The first-order valence-corrected chi connectivity index (χ1v) is 11.3. The van der Waals surface area contributed by atoms with Crippen LogP contribution in [0, 0.1) is 5.82 Å². The van der Waals surface area contributed by atoms with Gasteiger partial charge in [-0.3, -0.25) is 0 Å². The zero-order valence-corrected chi connectivity index (χ0v) is 18.2. The molecule has 0 amide bonds. The Bertz CT molecular complexity index is 1210. The first-order chi connectivity index (χ1) is 15.2. The molecule has 0 bridgehead atoms. The number of methoxy groups -OCH3 is 1. The number of hydrogen-bond donors (Lipinski definition) is 0. The van der Waals surface area contributed by atoms with Crippen LogP contribution in [0.15, 0.2) is 77.8 Å². The molecule has 31 heavy (non-hydrogen) atoms. The Morgan fingerprint density at radius 3 is 2.81 bits per heavy atom. The van der Waals surface area contributed by atoms with Crippen molar-refractivity contribution in [2.24, 2.45) is 0 Å². The second-order valence-corrected chi connectivity index (χ2v) is 8.89. The summed E-state index contributed by atoms with van der Waals surface area (Å²) in [6, 6.07) is 21.2. The number of nitrogens with zero attached hydrogens (tertiary/aromatic N) is 3. The predicted molar refractivity (Wildman–Crippen MR) is 123 cm³/mol. The molecule has 1 fully saturated rings. The molecule has 1 saturated heterocycles. The highest BCUT2D eigenvalue weighted by molar-refractivity contribution is 7.97. The molecule has 1 aliphatic rings. The highest BCUT2D eigenvalue weighted by Crippen LogP contribution is 2.36. The highest BCUT2D eigenvalue weighted by atomic mass is 32.2. The number of rotatable bonds is 5. The highest BCUT2D eigenvalue weighted by Gasteiger charge is 2.27. The van der Waals surface area contributed by atoms with Crippen LogP contribution in [0.2, 0.25) is 0 Å². The second-order valence-electron chi connectivity index (χ2n) is 7.76. The number of aromatic nitrogens is 2. The first kappa shape index (κ1) is 20.1. The van der Waals surface area contributed by atoms with Crippen LogP contribution in [0.3, 0.4) is 0 Å². The predicted octanol–water partition coefficient (Wildman–Crippen LogP) is 6.04. The van der Waals surface area contributed by atoms with E-state index < -0.39 is 0 Å². The lowest BCUT2D eigenvalue weighted by atomic mass is 9.99. The van der Waals surface area contributed by atoms with Gasteiger partial charge in [0.05, 0.1) is 23.2 Å². The third kappa shape index (κ3) is 4.05. The molecule has 0 N–H and O–H groups in total. The number of benzene rings is 2. The van der Waals surface area contributed by atoms with Crippen molar-refractivity contribution in [3.8, 4) is 17.0 Å². The fraction of sp³-hybridized carbons (Fsp3) is 0.240. The van der Waals surface area contributed by atoms with E-state index in [2.05, 4.69) is 27.0 Å². The summed E-state index contributed by atoms with van der Waals surface area (Å²) in [5.41, 5.74) is 3.10. The number of imidazole rings is 1. The fourth-order valence-electron chi connectivity index (χ4n) is 4.23. The van der Waals surface area contributed by atoms with E-state index in [1.54, 1.807) is 13.2 Å². The zero-order valence-electron chi connectivity index (χ0n) is 17.4. The number of piperidine rings is 1. The van der Waals surface area contributed by atoms with Gasteiger partial charge in [0.25, 0.3) is 0 Å². The molecular formula is C25H24FN3OS. The van der Waals surface area contributed by atoms with Crippen molar-refractivity contribution < 1.29 is 9.13 Å². The average Bonchev–Trinajstić information content (AvgIpc) is 3.21. The van der Waals surface area contributed by atoms with Gasteiger partial charge in [-0.15, -0.1) is 0 Å². The van der Waals surface area contributed by atoms with Crippen LogP contribution in [0.5, 0.6) is 5.75 Å². The fourth-order valence-corrected chi connectivity index (χ4v) is 5.27. The molecule has 2 aromatic carbocycles. The van der Waals surface area contributed by atoms with E-state index in [1.807, 2.05) is 42.5 Å². The van der Waals surface area contributed by atoms with Crippen LogP contribution >= 0.6 is 11.9 Å². The van der Waals surface area contributed by atoms with Gasteiger partial charge in [-0.25, -0.2) is 13.7 Å². The Balaban J connectivity index is 1.48. The summed E-state index contributed by atoms with van der Waals surface area (Å²) in [5.74, 6) is 2.00. The second kappa shape index (κ2) is 8.73. The first-order valence-electron chi connectivity index (χ1n) is 10.5. The normalized spacial score (nSPS) is 17.2. The van der Waals surface area contributed by atoms with Crippen LogP contribution in [-0.2, 0) is 0 Å². The molecule has 1 atom stereocenters. The molecule has 3 heterocycles. The lowest BCUT2D eigenvalue weighted by Crippen LogP contribution is -2.30. The van der Waals surface area contributed by atoms with Crippen LogP contribution in [-0.4, -0.2) is 33.9 Å². The Morgan fingerprint density at radius 1 is 1.06 bits per heavy atom. The molecule has 0 aliphatic carbocycles. The van der Waals surface area contributed by atoms with E-state index in [0.717, 1.165) is 54.3 Å². The van der Waals surface area contributed by atoms with Gasteiger partial charge in [0, 0.05) is 30.8 Å². The quantitative estimate of drug-likeness (QED) is 0.359. The minimum atomic E-state index is -0.166. The molecule has 0 saturated carbocycles. The topological polar surface area (TPSA) is 29.8 Å². The third-order valence-corrected chi connectivity index (χ3v) is 6.85. The van der Waals surface area contributed by atoms with E-state index in [0.29, 0.717) is 4.90 Å². The summed E-state index contributed by atoms with van der Waals surface area (Å²) in [6.45, 7) is 1.78. The van der Waals surface area contributed by atoms with Gasteiger partial charge in [0.1, 0.15) is 17.4 Å². The van der Waals surface area contributed by atoms with Crippen LogP contribution < -0.4 is 4.74 Å². The molecule has 5 rings (SSSR count). The molecule has 0 spiro atoms. The van der Waals surface area contributed by atoms with Crippen LogP contribution in [0.25, 0.3) is 16.8 Å². The summed E-state index contributed by atoms with van der Waals surface area (Å²) in [7, 11) is 1.68. The minimum Gasteiger partial charge on any atom is -0.497 e. The number of halogens is 1. The maximum Gasteiger partial charge on any atom is 0.138 e. The van der Waals surface area contributed by atoms with Crippen molar-refractivity contribution in [1.82, 2.24) is 13.7 Å². The van der Waals surface area contributed by atoms with E-state index in [9.17, 15) is 4.39 Å². The minimum absolute atomic E-state index is 0.166. The monoisotopic (exact) mass is 433 g/mol. The standard InChI is InChI=1S/C25H24FN3OS/c1-30-20-10-6-8-18(16-20)24-22-12-4-5-15-29(22)25(27-24)19-9-7-14-28(17-19)31-23-13-3-2-11-21(23)26/h2-6,8,10-13,15-16,19H,7,9,14,17H2,1H3. The van der Waals surface area contributed by atoms with E-state index >= 15 is 0 Å². The molecule has 4 aromatic rings. The van der Waals surface area contributed by atoms with E-state index in [-0.39, 0.29) is 11.7 Å². The smallest absolute Gasteiger partial charge is 0.138 e. The van der Waals surface area contributed by atoms with Crippen molar-refractivity contribution in [3.05, 3.63) is 84.6 Å². The van der Waals surface area contributed by atoms with Gasteiger partial charge >= 0.3 is 0 Å².